The molecule has 0 aliphatic heterocycles. The largest absolute Gasteiger partial charge is 0.368 e. The van der Waals surface area contributed by atoms with Crippen LogP contribution in [-0.2, 0) is 19.2 Å². The molecule has 0 aromatic heterocycles. The summed E-state index contributed by atoms with van der Waals surface area (Å²) in [5.74, 6) is -1.69. The van der Waals surface area contributed by atoms with Crippen LogP contribution < -0.4 is 27.4 Å². The summed E-state index contributed by atoms with van der Waals surface area (Å²) in [7, 11) is 0. The van der Waals surface area contributed by atoms with Crippen LogP contribution in [0.25, 0.3) is 0 Å². The Morgan fingerprint density at radius 3 is 1.96 bits per heavy atom. The highest BCUT2D eigenvalue weighted by molar-refractivity contribution is 5.93. The van der Waals surface area contributed by atoms with E-state index in [1.165, 1.54) is 6.92 Å². The van der Waals surface area contributed by atoms with Crippen molar-refractivity contribution in [2.45, 2.75) is 77.9 Å². The number of hydrogen-bond donors (Lipinski definition) is 5. The van der Waals surface area contributed by atoms with Gasteiger partial charge >= 0.3 is 0 Å². The Kier molecular flexibility index (Phi) is 12.0. The van der Waals surface area contributed by atoms with E-state index in [9.17, 15) is 19.2 Å². The Balaban J connectivity index is 4.66. The highest BCUT2D eigenvalue weighted by atomic mass is 16.2. The summed E-state index contributed by atoms with van der Waals surface area (Å²) in [6.45, 7) is 7.45. The molecule has 0 aliphatic rings. The monoisotopic (exact) mass is 385 g/mol. The van der Waals surface area contributed by atoms with Crippen molar-refractivity contribution in [1.29, 1.82) is 0 Å². The first-order chi connectivity index (χ1) is 12.6. The van der Waals surface area contributed by atoms with Crippen molar-refractivity contribution in [2.75, 3.05) is 6.54 Å². The highest BCUT2D eigenvalue weighted by Crippen LogP contribution is 2.06. The van der Waals surface area contributed by atoms with Gasteiger partial charge in [-0.15, -0.1) is 0 Å². The molecule has 0 heterocycles. The van der Waals surface area contributed by atoms with E-state index < -0.39 is 35.8 Å². The molecule has 0 unspecified atom stereocenters. The zero-order chi connectivity index (χ0) is 21.0. The number of carbonyl (C=O) groups excluding carboxylic acids is 4. The van der Waals surface area contributed by atoms with Crippen molar-refractivity contribution in [2.24, 2.45) is 17.4 Å². The topological polar surface area (TPSA) is 156 Å². The molecular formula is C18H35N5O4. The zero-order valence-corrected chi connectivity index (χ0v) is 16.8. The van der Waals surface area contributed by atoms with Gasteiger partial charge in [-0.3, -0.25) is 19.2 Å². The van der Waals surface area contributed by atoms with E-state index in [4.69, 9.17) is 11.5 Å². The average molecular weight is 386 g/mol. The summed E-state index contributed by atoms with van der Waals surface area (Å²) in [4.78, 5) is 47.7. The predicted octanol–water partition coefficient (Wildman–Crippen LogP) is -0.469. The SMILES string of the molecule is CC(C)C[C@H](NC(=O)[C@H](C)NC(=O)CCCCCN)C(=O)N[C@@H](C)C(N)=O. The van der Waals surface area contributed by atoms with Crippen molar-refractivity contribution >= 4 is 23.6 Å². The summed E-state index contributed by atoms with van der Waals surface area (Å²) < 4.78 is 0. The zero-order valence-electron chi connectivity index (χ0n) is 16.8. The molecule has 0 fully saturated rings. The number of amides is 4. The molecule has 0 rings (SSSR count). The van der Waals surface area contributed by atoms with Gasteiger partial charge in [-0.05, 0) is 45.6 Å². The fourth-order valence-electron chi connectivity index (χ4n) is 2.37. The second-order valence-corrected chi connectivity index (χ2v) is 7.21. The van der Waals surface area contributed by atoms with Crippen LogP contribution >= 0.6 is 0 Å². The molecule has 0 radical (unpaired) electrons. The minimum atomic E-state index is -0.838. The minimum Gasteiger partial charge on any atom is -0.368 e. The molecule has 4 amide bonds. The lowest BCUT2D eigenvalue weighted by Crippen LogP contribution is -2.55. The first kappa shape index (κ1) is 24.8. The molecule has 7 N–H and O–H groups in total. The quantitative estimate of drug-likeness (QED) is 0.271. The molecule has 9 heteroatoms. The summed E-state index contributed by atoms with van der Waals surface area (Å²) in [5.41, 5.74) is 10.6. The van der Waals surface area contributed by atoms with Crippen molar-refractivity contribution in [3.63, 3.8) is 0 Å². The van der Waals surface area contributed by atoms with Crippen LogP contribution in [0.2, 0.25) is 0 Å². The lowest BCUT2D eigenvalue weighted by atomic mass is 10.0. The van der Waals surface area contributed by atoms with Gasteiger partial charge in [-0.25, -0.2) is 0 Å². The first-order valence-electron chi connectivity index (χ1n) is 9.47. The maximum absolute atomic E-state index is 12.4. The second-order valence-electron chi connectivity index (χ2n) is 7.21. The number of nitrogens with one attached hydrogen (secondary N) is 3. The van der Waals surface area contributed by atoms with E-state index in [1.807, 2.05) is 13.8 Å². The number of primary amides is 1. The van der Waals surface area contributed by atoms with Crippen LogP contribution in [0.5, 0.6) is 0 Å². The van der Waals surface area contributed by atoms with Gasteiger partial charge in [0.2, 0.25) is 23.6 Å². The number of rotatable bonds is 13. The summed E-state index contributed by atoms with van der Waals surface area (Å²) in [6, 6.07) is -2.43. The van der Waals surface area contributed by atoms with Gasteiger partial charge < -0.3 is 27.4 Å². The third-order valence-electron chi connectivity index (χ3n) is 4.00. The first-order valence-corrected chi connectivity index (χ1v) is 9.47. The molecule has 3 atom stereocenters. The lowest BCUT2D eigenvalue weighted by Gasteiger charge is -2.23. The maximum Gasteiger partial charge on any atom is 0.243 e. The third kappa shape index (κ3) is 11.2. The van der Waals surface area contributed by atoms with E-state index in [1.54, 1.807) is 6.92 Å². The van der Waals surface area contributed by atoms with Crippen molar-refractivity contribution in [3.8, 4) is 0 Å². The van der Waals surface area contributed by atoms with Gasteiger partial charge in [-0.1, -0.05) is 20.3 Å². The predicted molar refractivity (Wildman–Crippen MR) is 103 cm³/mol. The molecule has 0 bridgehead atoms. The van der Waals surface area contributed by atoms with Gasteiger partial charge in [0.15, 0.2) is 0 Å². The van der Waals surface area contributed by atoms with Crippen LogP contribution in [0.15, 0.2) is 0 Å². The van der Waals surface area contributed by atoms with Crippen LogP contribution in [0.4, 0.5) is 0 Å². The van der Waals surface area contributed by atoms with E-state index in [2.05, 4.69) is 16.0 Å². The van der Waals surface area contributed by atoms with Gasteiger partial charge in [0.05, 0.1) is 0 Å². The minimum absolute atomic E-state index is 0.136. The Bertz CT molecular complexity index is 510. The summed E-state index contributed by atoms with van der Waals surface area (Å²) in [5, 5.41) is 7.75. The molecule has 0 aromatic rings. The molecule has 27 heavy (non-hydrogen) atoms. The Hall–Kier alpha value is -2.16. The molecule has 0 saturated carbocycles. The normalized spacial score (nSPS) is 14.1. The van der Waals surface area contributed by atoms with Crippen molar-refractivity contribution in [3.05, 3.63) is 0 Å². The van der Waals surface area contributed by atoms with Crippen LogP contribution in [0.1, 0.15) is 59.8 Å². The highest BCUT2D eigenvalue weighted by Gasteiger charge is 2.26. The molecule has 0 saturated heterocycles. The smallest absolute Gasteiger partial charge is 0.243 e. The number of nitrogens with two attached hydrogens (primary N) is 2. The van der Waals surface area contributed by atoms with E-state index in [0.717, 1.165) is 12.8 Å². The molecular weight excluding hydrogens is 350 g/mol. The summed E-state index contributed by atoms with van der Waals surface area (Å²) in [6.07, 6.45) is 3.14. The fourth-order valence-corrected chi connectivity index (χ4v) is 2.37. The maximum atomic E-state index is 12.4. The lowest BCUT2D eigenvalue weighted by molar-refractivity contribution is -0.133. The molecule has 0 spiro atoms. The van der Waals surface area contributed by atoms with E-state index >= 15 is 0 Å². The van der Waals surface area contributed by atoms with Gasteiger partial charge in [0, 0.05) is 6.42 Å². The van der Waals surface area contributed by atoms with Gasteiger partial charge in [-0.2, -0.15) is 0 Å². The average Bonchev–Trinajstić information content (AvgIpc) is 2.57. The van der Waals surface area contributed by atoms with Crippen LogP contribution in [-0.4, -0.2) is 48.3 Å². The van der Waals surface area contributed by atoms with Crippen molar-refractivity contribution < 1.29 is 19.2 Å². The Morgan fingerprint density at radius 1 is 0.815 bits per heavy atom. The van der Waals surface area contributed by atoms with Crippen molar-refractivity contribution in [1.82, 2.24) is 16.0 Å². The van der Waals surface area contributed by atoms with E-state index in [0.29, 0.717) is 25.8 Å². The second kappa shape index (κ2) is 13.1. The van der Waals surface area contributed by atoms with Crippen LogP contribution in [0, 0.1) is 5.92 Å². The molecule has 156 valence electrons. The Labute approximate surface area is 161 Å². The van der Waals surface area contributed by atoms with Gasteiger partial charge in [0.1, 0.15) is 18.1 Å². The molecule has 9 nitrogen and oxygen atoms in total. The number of hydrogen-bond acceptors (Lipinski definition) is 5. The number of unbranched alkanes of at least 4 members (excludes halogenated alkanes) is 2. The number of carbonyl (C=O) groups is 4. The fraction of sp³-hybridized carbons (Fsp3) is 0.778. The van der Waals surface area contributed by atoms with E-state index in [-0.39, 0.29) is 11.8 Å². The standard InChI is InChI=1S/C18H35N5O4/c1-11(2)10-14(18(27)22-12(3)16(20)25)23-17(26)13(4)21-15(24)8-6-5-7-9-19/h11-14H,5-10,19H2,1-4H3,(H2,20,25)(H,21,24)(H,22,27)(H,23,26)/t12-,13-,14-/m0/s1. The molecule has 0 aromatic carbocycles. The summed E-state index contributed by atoms with van der Waals surface area (Å²) >= 11 is 0. The van der Waals surface area contributed by atoms with Crippen LogP contribution in [0.3, 0.4) is 0 Å². The van der Waals surface area contributed by atoms with Gasteiger partial charge in [0.25, 0.3) is 0 Å². The third-order valence-corrected chi connectivity index (χ3v) is 4.00. The Morgan fingerprint density at radius 2 is 1.44 bits per heavy atom. The molecule has 0 aliphatic carbocycles.